The molecular weight excluding hydrogens is 432 g/mol. The molecule has 2 amide bonds. The molecule has 3 N–H and O–H groups in total. The van der Waals surface area contributed by atoms with E-state index in [4.69, 9.17) is 16.1 Å². The lowest BCUT2D eigenvalue weighted by Gasteiger charge is -2.38. The van der Waals surface area contributed by atoms with Crippen LogP contribution in [0.15, 0.2) is 0 Å². The standard InChI is InChI=1S/C12H20N2O2.C11H16F2N3O/c15-11(16)13-6-3-12(4-7-13)5-8-14(9-12)10-1-2-10;1-2-3-11(12,13)6-8(15)9(17)16-10(7-14)4-5-10/h10H,1-9H2,(H,15,16);8,15H,2-6H2,1H3,(H,16,17)/q;-1/t;8-/m.0/s1. The third-order valence-corrected chi connectivity index (χ3v) is 7.39. The maximum absolute atomic E-state index is 13.2. The number of hydrogen-bond donors (Lipinski definition) is 2. The highest BCUT2D eigenvalue weighted by Crippen LogP contribution is 2.44. The molecule has 2 heterocycles. The molecule has 0 aromatic rings. The van der Waals surface area contributed by atoms with Crippen molar-refractivity contribution in [2.45, 2.75) is 94.7 Å². The minimum Gasteiger partial charge on any atom is -0.667 e. The van der Waals surface area contributed by atoms with Crippen LogP contribution in [-0.4, -0.2) is 76.6 Å². The molecule has 1 spiro atoms. The van der Waals surface area contributed by atoms with Crippen molar-refractivity contribution in [2.24, 2.45) is 5.41 Å². The first-order chi connectivity index (χ1) is 15.5. The Morgan fingerprint density at radius 3 is 2.30 bits per heavy atom. The van der Waals surface area contributed by atoms with Crippen molar-refractivity contribution >= 4 is 12.0 Å². The van der Waals surface area contributed by atoms with Gasteiger partial charge < -0.3 is 21.1 Å². The summed E-state index contributed by atoms with van der Waals surface area (Å²) in [5.74, 6) is -3.76. The molecule has 186 valence electrons. The molecule has 0 aromatic heterocycles. The number of rotatable bonds is 7. The quantitative estimate of drug-likeness (QED) is 0.585. The number of amides is 2. The van der Waals surface area contributed by atoms with E-state index in [1.807, 2.05) is 6.07 Å². The number of likely N-dealkylation sites (tertiary alicyclic amines) is 2. The van der Waals surface area contributed by atoms with E-state index in [0.717, 1.165) is 32.0 Å². The van der Waals surface area contributed by atoms with Crippen LogP contribution in [0.4, 0.5) is 13.6 Å². The minimum absolute atomic E-state index is 0.309. The second-order valence-electron chi connectivity index (χ2n) is 10.3. The van der Waals surface area contributed by atoms with Crippen molar-refractivity contribution in [2.75, 3.05) is 26.2 Å². The monoisotopic (exact) mass is 468 g/mol. The number of nitrogens with zero attached hydrogens (tertiary/aromatic N) is 3. The maximum Gasteiger partial charge on any atom is 0.407 e. The fourth-order valence-corrected chi connectivity index (χ4v) is 4.87. The van der Waals surface area contributed by atoms with Gasteiger partial charge in [-0.15, -0.1) is 0 Å². The number of halogens is 2. The van der Waals surface area contributed by atoms with Gasteiger partial charge in [0.15, 0.2) is 0 Å². The highest BCUT2D eigenvalue weighted by molar-refractivity contribution is 5.84. The Balaban J connectivity index is 0.000000186. The molecule has 2 saturated heterocycles. The van der Waals surface area contributed by atoms with Crippen LogP contribution >= 0.6 is 0 Å². The summed E-state index contributed by atoms with van der Waals surface area (Å²) in [5, 5.41) is 20.0. The number of carbonyl (C=O) groups is 2. The fourth-order valence-electron chi connectivity index (χ4n) is 4.87. The summed E-state index contributed by atoms with van der Waals surface area (Å²) in [7, 11) is 0. The van der Waals surface area contributed by atoms with Gasteiger partial charge in [0.25, 0.3) is 0 Å². The van der Waals surface area contributed by atoms with Crippen molar-refractivity contribution in [1.82, 2.24) is 15.1 Å². The SMILES string of the molecule is CCCC(F)(F)C[C@H]([NH-])C(=O)NC1(C#N)CC1.O=C(O)N1CCC2(CC1)CCN(C1CC1)C2. The second kappa shape index (κ2) is 10.1. The van der Waals surface area contributed by atoms with Gasteiger partial charge in [0.05, 0.1) is 6.07 Å². The lowest BCUT2D eigenvalue weighted by atomic mass is 9.78. The Bertz CT molecular complexity index is 756. The van der Waals surface area contributed by atoms with Crippen LogP contribution in [0.25, 0.3) is 5.73 Å². The number of hydrogen-bond acceptors (Lipinski definition) is 4. The average molecular weight is 469 g/mol. The van der Waals surface area contributed by atoms with Gasteiger partial charge in [0, 0.05) is 38.5 Å². The molecule has 4 fully saturated rings. The van der Waals surface area contributed by atoms with Crippen LogP contribution in [0.5, 0.6) is 0 Å². The van der Waals surface area contributed by atoms with Gasteiger partial charge in [0.2, 0.25) is 11.8 Å². The van der Waals surface area contributed by atoms with Crippen molar-refractivity contribution in [3.8, 4) is 6.07 Å². The highest BCUT2D eigenvalue weighted by Gasteiger charge is 2.46. The number of carboxylic acid groups (broad SMARTS) is 1. The Labute approximate surface area is 194 Å². The predicted molar refractivity (Wildman–Crippen MR) is 119 cm³/mol. The molecule has 0 aromatic carbocycles. The largest absolute Gasteiger partial charge is 0.667 e. The number of carbonyl (C=O) groups excluding carboxylic acids is 1. The van der Waals surface area contributed by atoms with Crippen molar-refractivity contribution in [3.63, 3.8) is 0 Å². The minimum atomic E-state index is -2.98. The van der Waals surface area contributed by atoms with E-state index in [-0.39, 0.29) is 6.42 Å². The topological polar surface area (TPSA) is 120 Å². The van der Waals surface area contributed by atoms with Gasteiger partial charge in [-0.2, -0.15) is 5.26 Å². The molecule has 0 bridgehead atoms. The van der Waals surface area contributed by atoms with E-state index in [1.54, 1.807) is 11.8 Å². The van der Waals surface area contributed by atoms with E-state index in [0.29, 0.717) is 24.7 Å². The molecule has 4 rings (SSSR count). The van der Waals surface area contributed by atoms with Gasteiger partial charge in [-0.25, -0.2) is 13.6 Å². The molecule has 0 unspecified atom stereocenters. The molecule has 2 aliphatic carbocycles. The first-order valence-corrected chi connectivity index (χ1v) is 12.1. The fraction of sp³-hybridized carbons (Fsp3) is 0.870. The van der Waals surface area contributed by atoms with Gasteiger partial charge >= 0.3 is 6.09 Å². The van der Waals surface area contributed by atoms with Crippen LogP contribution < -0.4 is 5.32 Å². The number of nitrogens with one attached hydrogen (secondary N) is 2. The van der Waals surface area contributed by atoms with Gasteiger partial charge in [-0.05, 0) is 56.9 Å². The molecule has 1 atom stereocenters. The third-order valence-electron chi connectivity index (χ3n) is 7.39. The van der Waals surface area contributed by atoms with E-state index in [2.05, 4.69) is 10.2 Å². The van der Waals surface area contributed by atoms with E-state index < -0.39 is 35.9 Å². The molecular formula is C23H36F2N5O3-. The van der Waals surface area contributed by atoms with Gasteiger partial charge in [0.1, 0.15) is 5.54 Å². The smallest absolute Gasteiger partial charge is 0.407 e. The zero-order valence-electron chi connectivity index (χ0n) is 19.4. The van der Waals surface area contributed by atoms with E-state index in [1.165, 1.54) is 32.4 Å². The summed E-state index contributed by atoms with van der Waals surface area (Å²) in [6, 6.07) is 1.28. The van der Waals surface area contributed by atoms with Crippen molar-refractivity contribution < 1.29 is 23.5 Å². The highest BCUT2D eigenvalue weighted by atomic mass is 19.3. The molecule has 33 heavy (non-hydrogen) atoms. The Hall–Kier alpha value is -1.99. The summed E-state index contributed by atoms with van der Waals surface area (Å²) >= 11 is 0. The van der Waals surface area contributed by atoms with Crippen LogP contribution in [0.2, 0.25) is 0 Å². The van der Waals surface area contributed by atoms with Crippen molar-refractivity contribution in [1.29, 1.82) is 5.26 Å². The molecule has 0 radical (unpaired) electrons. The molecule has 4 aliphatic rings. The lowest BCUT2D eigenvalue weighted by Crippen LogP contribution is -2.43. The Morgan fingerprint density at radius 1 is 1.21 bits per heavy atom. The number of nitriles is 1. The Morgan fingerprint density at radius 2 is 1.82 bits per heavy atom. The number of alkyl halides is 2. The second-order valence-corrected chi connectivity index (χ2v) is 10.3. The summed E-state index contributed by atoms with van der Waals surface area (Å²) in [6.45, 7) is 5.59. The van der Waals surface area contributed by atoms with Crippen LogP contribution in [0.1, 0.15) is 71.1 Å². The van der Waals surface area contributed by atoms with Crippen LogP contribution in [0, 0.1) is 16.7 Å². The third kappa shape index (κ3) is 7.00. The molecule has 2 saturated carbocycles. The maximum atomic E-state index is 13.2. The van der Waals surface area contributed by atoms with Crippen LogP contribution in [-0.2, 0) is 4.79 Å². The zero-order chi connectivity index (χ0) is 24.3. The molecule has 2 aliphatic heterocycles. The number of piperidine rings is 1. The average Bonchev–Trinajstić information content (AvgIpc) is 3.68. The zero-order valence-corrected chi connectivity index (χ0v) is 19.4. The molecule has 10 heteroatoms. The van der Waals surface area contributed by atoms with E-state index in [9.17, 15) is 18.4 Å². The summed E-state index contributed by atoms with van der Waals surface area (Å²) in [6.07, 6.45) is 5.74. The summed E-state index contributed by atoms with van der Waals surface area (Å²) < 4.78 is 26.4. The normalized spacial score (nSPS) is 24.4. The lowest BCUT2D eigenvalue weighted by molar-refractivity contribution is -0.124. The summed E-state index contributed by atoms with van der Waals surface area (Å²) in [5.41, 5.74) is 6.95. The summed E-state index contributed by atoms with van der Waals surface area (Å²) in [4.78, 5) is 26.5. The first kappa shape index (κ1) is 25.6. The predicted octanol–water partition coefficient (Wildman–Crippen LogP) is 4.02. The van der Waals surface area contributed by atoms with Crippen LogP contribution in [0.3, 0.4) is 0 Å². The van der Waals surface area contributed by atoms with Gasteiger partial charge in [-0.1, -0.05) is 19.4 Å². The van der Waals surface area contributed by atoms with Crippen molar-refractivity contribution in [3.05, 3.63) is 5.73 Å². The first-order valence-electron chi connectivity index (χ1n) is 12.1. The Kier molecular flexibility index (Phi) is 7.84. The van der Waals surface area contributed by atoms with Gasteiger partial charge in [-0.3, -0.25) is 9.69 Å². The van der Waals surface area contributed by atoms with E-state index >= 15 is 0 Å². The molecule has 8 nitrogen and oxygen atoms in total.